The third kappa shape index (κ3) is 2.57. The molecule has 1 saturated heterocycles. The van der Waals surface area contributed by atoms with Crippen molar-refractivity contribution in [3.63, 3.8) is 0 Å². The third-order valence-electron chi connectivity index (χ3n) is 2.60. The predicted octanol–water partition coefficient (Wildman–Crippen LogP) is 2.92. The van der Waals surface area contributed by atoms with Gasteiger partial charge in [0.05, 0.1) is 12.0 Å². The van der Waals surface area contributed by atoms with E-state index in [4.69, 9.17) is 17.0 Å². The fourth-order valence-electron chi connectivity index (χ4n) is 1.62. The van der Waals surface area contributed by atoms with E-state index in [9.17, 15) is 4.79 Å². The molecule has 18 heavy (non-hydrogen) atoms. The summed E-state index contributed by atoms with van der Waals surface area (Å²) in [6.07, 6.45) is 1.86. The second-order valence-corrected chi connectivity index (χ2v) is 5.37. The Hall–Kier alpha value is -1.33. The van der Waals surface area contributed by atoms with Crippen molar-refractivity contribution in [2.45, 2.75) is 6.92 Å². The van der Waals surface area contributed by atoms with Crippen LogP contribution < -0.4 is 4.74 Å². The van der Waals surface area contributed by atoms with Crippen LogP contribution in [0.1, 0.15) is 12.5 Å². The quantitative estimate of drug-likeness (QED) is 0.628. The molecule has 1 aromatic carbocycles. The van der Waals surface area contributed by atoms with Crippen molar-refractivity contribution in [1.82, 2.24) is 4.90 Å². The SMILES string of the molecule is CCN1C(=O)/C(=C\c2ccc(OC)cc2)SC1=S. The van der Waals surface area contributed by atoms with E-state index in [-0.39, 0.29) is 5.91 Å². The number of hydrogen-bond donors (Lipinski definition) is 0. The molecular formula is C13H13NO2S2. The molecule has 1 aliphatic heterocycles. The number of likely N-dealkylation sites (N-methyl/N-ethyl adjacent to an activating group) is 1. The molecule has 5 heteroatoms. The minimum Gasteiger partial charge on any atom is -0.497 e. The molecule has 0 saturated carbocycles. The lowest BCUT2D eigenvalue weighted by atomic mass is 10.2. The number of amides is 1. The van der Waals surface area contributed by atoms with Crippen molar-refractivity contribution in [1.29, 1.82) is 0 Å². The van der Waals surface area contributed by atoms with Crippen LogP contribution in [0.4, 0.5) is 0 Å². The molecule has 0 spiro atoms. The van der Waals surface area contributed by atoms with E-state index < -0.39 is 0 Å². The first-order valence-electron chi connectivity index (χ1n) is 5.55. The van der Waals surface area contributed by atoms with Gasteiger partial charge in [-0.15, -0.1) is 0 Å². The minimum atomic E-state index is -0.0108. The molecule has 1 heterocycles. The van der Waals surface area contributed by atoms with Crippen molar-refractivity contribution < 1.29 is 9.53 Å². The number of rotatable bonds is 3. The lowest BCUT2D eigenvalue weighted by molar-refractivity contribution is -0.121. The molecule has 3 nitrogen and oxygen atoms in total. The number of thioether (sulfide) groups is 1. The summed E-state index contributed by atoms with van der Waals surface area (Å²) in [6, 6.07) is 7.56. The largest absolute Gasteiger partial charge is 0.497 e. The lowest BCUT2D eigenvalue weighted by Crippen LogP contribution is -2.27. The van der Waals surface area contributed by atoms with Crippen molar-refractivity contribution in [3.05, 3.63) is 34.7 Å². The van der Waals surface area contributed by atoms with Crippen molar-refractivity contribution >= 4 is 40.3 Å². The first kappa shape index (κ1) is 13.1. The molecular weight excluding hydrogens is 266 g/mol. The summed E-state index contributed by atoms with van der Waals surface area (Å²) in [5, 5.41) is 0. The van der Waals surface area contributed by atoms with Gasteiger partial charge in [-0.3, -0.25) is 9.69 Å². The normalized spacial score (nSPS) is 17.7. The Morgan fingerprint density at radius 2 is 2.06 bits per heavy atom. The average Bonchev–Trinajstić information content (AvgIpc) is 2.65. The maximum Gasteiger partial charge on any atom is 0.266 e. The lowest BCUT2D eigenvalue weighted by Gasteiger charge is -2.09. The molecule has 2 rings (SSSR count). The van der Waals surface area contributed by atoms with Crippen LogP contribution in [0.2, 0.25) is 0 Å². The van der Waals surface area contributed by atoms with Crippen LogP contribution in [0.5, 0.6) is 5.75 Å². The summed E-state index contributed by atoms with van der Waals surface area (Å²) < 4.78 is 5.72. The van der Waals surface area contributed by atoms with Gasteiger partial charge in [0.15, 0.2) is 0 Å². The maximum atomic E-state index is 12.0. The first-order chi connectivity index (χ1) is 8.65. The Bertz CT molecular complexity index is 508. The van der Waals surface area contributed by atoms with Gasteiger partial charge in [-0.2, -0.15) is 0 Å². The highest BCUT2D eigenvalue weighted by Crippen LogP contribution is 2.32. The Labute approximate surface area is 116 Å². The summed E-state index contributed by atoms with van der Waals surface area (Å²) in [5.74, 6) is 0.788. The van der Waals surface area contributed by atoms with Gasteiger partial charge >= 0.3 is 0 Å². The Morgan fingerprint density at radius 3 is 2.56 bits per heavy atom. The zero-order chi connectivity index (χ0) is 13.1. The molecule has 0 radical (unpaired) electrons. The van der Waals surface area contributed by atoms with Gasteiger partial charge in [-0.25, -0.2) is 0 Å². The van der Waals surface area contributed by atoms with E-state index in [0.29, 0.717) is 15.8 Å². The van der Waals surface area contributed by atoms with Crippen LogP contribution in [-0.4, -0.2) is 28.8 Å². The number of carbonyl (C=O) groups is 1. The summed E-state index contributed by atoms with van der Waals surface area (Å²) in [4.78, 5) is 14.3. The molecule has 0 N–H and O–H groups in total. The highest BCUT2D eigenvalue weighted by atomic mass is 32.2. The van der Waals surface area contributed by atoms with Crippen molar-refractivity contribution in [2.24, 2.45) is 0 Å². The molecule has 94 valence electrons. The van der Waals surface area contributed by atoms with E-state index in [1.165, 1.54) is 11.8 Å². The predicted molar refractivity (Wildman–Crippen MR) is 78.5 cm³/mol. The molecule has 0 unspecified atom stereocenters. The number of methoxy groups -OCH3 is 1. The highest BCUT2D eigenvalue weighted by molar-refractivity contribution is 8.26. The Morgan fingerprint density at radius 1 is 1.39 bits per heavy atom. The van der Waals surface area contributed by atoms with Crippen LogP contribution in [0.15, 0.2) is 29.2 Å². The molecule has 0 atom stereocenters. The number of benzene rings is 1. The van der Waals surface area contributed by atoms with Crippen LogP contribution in [0.25, 0.3) is 6.08 Å². The number of carbonyl (C=O) groups excluding carboxylic acids is 1. The Balaban J connectivity index is 2.23. The average molecular weight is 279 g/mol. The molecule has 1 aliphatic rings. The van der Waals surface area contributed by atoms with Crippen LogP contribution in [0, 0.1) is 0 Å². The summed E-state index contributed by atoms with van der Waals surface area (Å²) >= 11 is 6.51. The fraction of sp³-hybridized carbons (Fsp3) is 0.231. The molecule has 1 amide bonds. The van der Waals surface area contributed by atoms with Gasteiger partial charge in [0, 0.05) is 6.54 Å². The minimum absolute atomic E-state index is 0.0108. The number of ether oxygens (including phenoxy) is 1. The summed E-state index contributed by atoms with van der Waals surface area (Å²) in [5.41, 5.74) is 0.965. The molecule has 0 aliphatic carbocycles. The van der Waals surface area contributed by atoms with Crippen LogP contribution in [0.3, 0.4) is 0 Å². The van der Waals surface area contributed by atoms with Gasteiger partial charge in [-0.1, -0.05) is 36.1 Å². The monoisotopic (exact) mass is 279 g/mol. The smallest absolute Gasteiger partial charge is 0.266 e. The number of nitrogens with zero attached hydrogens (tertiary/aromatic N) is 1. The van der Waals surface area contributed by atoms with E-state index in [1.807, 2.05) is 37.3 Å². The molecule has 1 fully saturated rings. The zero-order valence-electron chi connectivity index (χ0n) is 10.2. The maximum absolute atomic E-state index is 12.0. The highest BCUT2D eigenvalue weighted by Gasteiger charge is 2.30. The van der Waals surface area contributed by atoms with E-state index in [0.717, 1.165) is 11.3 Å². The standard InChI is InChI=1S/C13H13NO2S2/c1-3-14-12(15)11(18-13(14)17)8-9-4-6-10(16-2)7-5-9/h4-8H,3H2,1-2H3/b11-8+. The fourth-order valence-corrected chi connectivity index (χ4v) is 3.01. The zero-order valence-corrected chi connectivity index (χ0v) is 11.8. The van der Waals surface area contributed by atoms with Gasteiger partial charge in [0.1, 0.15) is 10.1 Å². The third-order valence-corrected chi connectivity index (χ3v) is 3.98. The van der Waals surface area contributed by atoms with Crippen molar-refractivity contribution in [2.75, 3.05) is 13.7 Å². The first-order valence-corrected chi connectivity index (χ1v) is 6.77. The number of hydrogen-bond acceptors (Lipinski definition) is 4. The molecule has 0 bridgehead atoms. The van der Waals surface area contributed by atoms with Crippen LogP contribution in [-0.2, 0) is 4.79 Å². The second kappa shape index (κ2) is 5.54. The summed E-state index contributed by atoms with van der Waals surface area (Å²) in [7, 11) is 1.63. The van der Waals surface area contributed by atoms with Gasteiger partial charge in [0.25, 0.3) is 5.91 Å². The number of thiocarbonyl (C=S) groups is 1. The second-order valence-electron chi connectivity index (χ2n) is 3.70. The topological polar surface area (TPSA) is 29.5 Å². The van der Waals surface area contributed by atoms with Crippen molar-refractivity contribution in [3.8, 4) is 5.75 Å². The van der Waals surface area contributed by atoms with E-state index >= 15 is 0 Å². The summed E-state index contributed by atoms with van der Waals surface area (Å²) in [6.45, 7) is 2.53. The molecule has 0 aromatic heterocycles. The van der Waals surface area contributed by atoms with Gasteiger partial charge in [-0.05, 0) is 30.7 Å². The van der Waals surface area contributed by atoms with Crippen LogP contribution >= 0.6 is 24.0 Å². The molecule has 1 aromatic rings. The van der Waals surface area contributed by atoms with E-state index in [1.54, 1.807) is 12.0 Å². The Kier molecular flexibility index (Phi) is 4.04. The van der Waals surface area contributed by atoms with E-state index in [2.05, 4.69) is 0 Å². The van der Waals surface area contributed by atoms with Gasteiger partial charge in [0.2, 0.25) is 0 Å². The van der Waals surface area contributed by atoms with Gasteiger partial charge < -0.3 is 4.74 Å².